The van der Waals surface area contributed by atoms with Gasteiger partial charge < -0.3 is 10.0 Å². The Morgan fingerprint density at radius 3 is 2.80 bits per heavy atom. The first-order valence-electron chi connectivity index (χ1n) is 5.95. The molecule has 0 aliphatic heterocycles. The van der Waals surface area contributed by atoms with Gasteiger partial charge in [-0.05, 0) is 11.4 Å². The Morgan fingerprint density at radius 1 is 1.45 bits per heavy atom. The quantitative estimate of drug-likeness (QED) is 0.921. The van der Waals surface area contributed by atoms with Gasteiger partial charge in [0.05, 0.1) is 5.92 Å². The van der Waals surface area contributed by atoms with Crippen molar-refractivity contribution in [2.45, 2.75) is 6.92 Å². The Bertz CT molecular complexity index is 607. The molecule has 2 rings (SSSR count). The number of carbonyl (C=O) groups excluding carboxylic acids is 1. The number of amides is 1. The SMILES string of the molecule is CC(CN(C)C(=O)c1csc(-c2ccsc2)n1)C(=O)O. The monoisotopic (exact) mass is 310 g/mol. The van der Waals surface area contributed by atoms with Crippen LogP contribution in [0.25, 0.3) is 10.6 Å². The molecule has 1 amide bonds. The van der Waals surface area contributed by atoms with Crippen LogP contribution in [0.3, 0.4) is 0 Å². The van der Waals surface area contributed by atoms with Gasteiger partial charge in [-0.2, -0.15) is 11.3 Å². The lowest BCUT2D eigenvalue weighted by Crippen LogP contribution is -2.33. The van der Waals surface area contributed by atoms with Crippen molar-refractivity contribution < 1.29 is 14.7 Å². The van der Waals surface area contributed by atoms with E-state index < -0.39 is 11.9 Å². The van der Waals surface area contributed by atoms with Crippen LogP contribution < -0.4 is 0 Å². The predicted molar refractivity (Wildman–Crippen MR) is 79.2 cm³/mol. The van der Waals surface area contributed by atoms with E-state index >= 15 is 0 Å². The van der Waals surface area contributed by atoms with Crippen LogP contribution in [0.5, 0.6) is 0 Å². The lowest BCUT2D eigenvalue weighted by atomic mass is 10.2. The number of hydrogen-bond acceptors (Lipinski definition) is 5. The molecule has 0 bridgehead atoms. The number of carbonyl (C=O) groups is 2. The van der Waals surface area contributed by atoms with E-state index in [1.54, 1.807) is 30.7 Å². The van der Waals surface area contributed by atoms with Crippen LogP contribution in [-0.4, -0.2) is 40.5 Å². The zero-order valence-corrected chi connectivity index (χ0v) is 12.7. The van der Waals surface area contributed by atoms with Crippen molar-refractivity contribution in [3.8, 4) is 10.6 Å². The molecule has 1 N–H and O–H groups in total. The minimum absolute atomic E-state index is 0.166. The maximum atomic E-state index is 12.2. The van der Waals surface area contributed by atoms with Crippen molar-refractivity contribution in [3.63, 3.8) is 0 Å². The number of thiazole rings is 1. The van der Waals surface area contributed by atoms with E-state index in [0.717, 1.165) is 10.6 Å². The highest BCUT2D eigenvalue weighted by Crippen LogP contribution is 2.26. The number of hydrogen-bond donors (Lipinski definition) is 1. The fourth-order valence-electron chi connectivity index (χ4n) is 1.66. The Hall–Kier alpha value is -1.73. The Balaban J connectivity index is 2.08. The molecule has 0 saturated heterocycles. The fraction of sp³-hybridized carbons (Fsp3) is 0.308. The molecule has 0 aromatic carbocycles. The number of thiophene rings is 1. The molecule has 7 heteroatoms. The molecule has 0 spiro atoms. The van der Waals surface area contributed by atoms with Gasteiger partial charge in [-0.15, -0.1) is 11.3 Å². The number of carboxylic acid groups (broad SMARTS) is 1. The van der Waals surface area contributed by atoms with Crippen LogP contribution in [-0.2, 0) is 4.79 Å². The summed E-state index contributed by atoms with van der Waals surface area (Å²) in [7, 11) is 1.59. The van der Waals surface area contributed by atoms with Crippen LogP contribution in [0.4, 0.5) is 0 Å². The van der Waals surface area contributed by atoms with Gasteiger partial charge in [0.2, 0.25) is 0 Å². The summed E-state index contributed by atoms with van der Waals surface area (Å²) < 4.78 is 0. The minimum atomic E-state index is -0.915. The van der Waals surface area contributed by atoms with E-state index in [1.165, 1.54) is 16.2 Å². The zero-order valence-electron chi connectivity index (χ0n) is 11.1. The van der Waals surface area contributed by atoms with Gasteiger partial charge >= 0.3 is 5.97 Å². The normalized spacial score (nSPS) is 12.1. The third-order valence-corrected chi connectivity index (χ3v) is 4.38. The summed E-state index contributed by atoms with van der Waals surface area (Å²) in [5.41, 5.74) is 1.36. The van der Waals surface area contributed by atoms with Gasteiger partial charge in [0.25, 0.3) is 5.91 Å². The van der Waals surface area contributed by atoms with E-state index in [-0.39, 0.29) is 12.5 Å². The van der Waals surface area contributed by atoms with Crippen molar-refractivity contribution in [1.29, 1.82) is 0 Å². The van der Waals surface area contributed by atoms with E-state index in [2.05, 4.69) is 4.98 Å². The third-order valence-electron chi connectivity index (χ3n) is 2.81. The highest BCUT2D eigenvalue weighted by molar-refractivity contribution is 7.14. The summed E-state index contributed by atoms with van der Waals surface area (Å²) in [6.07, 6.45) is 0. The summed E-state index contributed by atoms with van der Waals surface area (Å²) in [6.45, 7) is 1.74. The molecule has 1 atom stereocenters. The zero-order chi connectivity index (χ0) is 14.7. The summed E-state index contributed by atoms with van der Waals surface area (Å²) in [5, 5.41) is 15.3. The molecule has 2 heterocycles. The summed E-state index contributed by atoms with van der Waals surface area (Å²) in [5.74, 6) is -1.77. The molecule has 1 unspecified atom stereocenters. The summed E-state index contributed by atoms with van der Waals surface area (Å²) in [6, 6.07) is 1.95. The van der Waals surface area contributed by atoms with Crippen molar-refractivity contribution >= 4 is 34.6 Å². The van der Waals surface area contributed by atoms with Gasteiger partial charge in [-0.1, -0.05) is 6.92 Å². The average molecular weight is 310 g/mol. The summed E-state index contributed by atoms with van der Waals surface area (Å²) >= 11 is 2.99. The molecule has 0 aliphatic rings. The standard InChI is InChI=1S/C13H14N2O3S2/c1-8(13(17)18)5-15(2)12(16)10-7-20-11(14-10)9-3-4-19-6-9/h3-4,6-8H,5H2,1-2H3,(H,17,18). The van der Waals surface area contributed by atoms with Gasteiger partial charge in [0, 0.05) is 29.9 Å². The largest absolute Gasteiger partial charge is 0.481 e. The highest BCUT2D eigenvalue weighted by Gasteiger charge is 2.20. The lowest BCUT2D eigenvalue weighted by Gasteiger charge is -2.18. The van der Waals surface area contributed by atoms with E-state index in [9.17, 15) is 9.59 Å². The topological polar surface area (TPSA) is 70.5 Å². The fourth-order valence-corrected chi connectivity index (χ4v) is 3.16. The molecule has 0 fully saturated rings. The van der Waals surface area contributed by atoms with Gasteiger partial charge in [0.1, 0.15) is 10.7 Å². The highest BCUT2D eigenvalue weighted by atomic mass is 32.1. The molecule has 106 valence electrons. The molecule has 20 heavy (non-hydrogen) atoms. The van der Waals surface area contributed by atoms with Crippen molar-refractivity contribution in [2.75, 3.05) is 13.6 Å². The second kappa shape index (κ2) is 6.15. The van der Waals surface area contributed by atoms with E-state index in [0.29, 0.717) is 5.69 Å². The first kappa shape index (κ1) is 14.7. The second-order valence-electron chi connectivity index (χ2n) is 4.47. The lowest BCUT2D eigenvalue weighted by molar-refractivity contribution is -0.141. The van der Waals surface area contributed by atoms with E-state index in [4.69, 9.17) is 5.11 Å². The smallest absolute Gasteiger partial charge is 0.308 e. The molecule has 0 saturated carbocycles. The number of aliphatic carboxylic acids is 1. The van der Waals surface area contributed by atoms with Crippen LogP contribution >= 0.6 is 22.7 Å². The van der Waals surface area contributed by atoms with Crippen LogP contribution in [0.2, 0.25) is 0 Å². The van der Waals surface area contributed by atoms with Crippen LogP contribution in [0.1, 0.15) is 17.4 Å². The number of nitrogens with zero attached hydrogens (tertiary/aromatic N) is 2. The second-order valence-corrected chi connectivity index (χ2v) is 6.11. The van der Waals surface area contributed by atoms with Crippen LogP contribution in [0.15, 0.2) is 22.2 Å². The first-order chi connectivity index (χ1) is 9.49. The summed E-state index contributed by atoms with van der Waals surface area (Å²) in [4.78, 5) is 28.7. The molecular formula is C13H14N2O3S2. The Morgan fingerprint density at radius 2 is 2.20 bits per heavy atom. The molecule has 2 aromatic rings. The van der Waals surface area contributed by atoms with E-state index in [1.807, 2.05) is 16.8 Å². The maximum Gasteiger partial charge on any atom is 0.308 e. The Labute approximate surface area is 124 Å². The molecule has 5 nitrogen and oxygen atoms in total. The maximum absolute atomic E-state index is 12.2. The van der Waals surface area contributed by atoms with Gasteiger partial charge in [0.15, 0.2) is 0 Å². The Kier molecular flexibility index (Phi) is 4.51. The molecule has 2 aromatic heterocycles. The van der Waals surface area contributed by atoms with Gasteiger partial charge in [-0.25, -0.2) is 4.98 Å². The first-order valence-corrected chi connectivity index (χ1v) is 7.77. The van der Waals surface area contributed by atoms with Gasteiger partial charge in [-0.3, -0.25) is 9.59 Å². The molecule has 0 radical (unpaired) electrons. The predicted octanol–water partition coefficient (Wildman–Crippen LogP) is 2.66. The van der Waals surface area contributed by atoms with Crippen LogP contribution in [0, 0.1) is 5.92 Å². The molecule has 0 aliphatic carbocycles. The molecular weight excluding hydrogens is 296 g/mol. The minimum Gasteiger partial charge on any atom is -0.481 e. The number of carboxylic acids is 1. The third kappa shape index (κ3) is 3.23. The number of aromatic nitrogens is 1. The average Bonchev–Trinajstić information content (AvgIpc) is 3.07. The van der Waals surface area contributed by atoms with Crippen molar-refractivity contribution in [3.05, 3.63) is 27.9 Å². The van der Waals surface area contributed by atoms with Crippen molar-refractivity contribution in [1.82, 2.24) is 9.88 Å². The number of rotatable bonds is 5. The van der Waals surface area contributed by atoms with Crippen molar-refractivity contribution in [2.24, 2.45) is 5.92 Å².